The van der Waals surface area contributed by atoms with Gasteiger partial charge in [0, 0.05) is 19.6 Å². The molecule has 2 rings (SSSR count). The van der Waals surface area contributed by atoms with Gasteiger partial charge in [-0.2, -0.15) is 0 Å². The number of nitrogens with zero attached hydrogens (tertiary/aromatic N) is 4. The molecule has 17 heavy (non-hydrogen) atoms. The molecule has 0 amide bonds. The molecule has 2 heterocycles. The molecule has 0 atom stereocenters. The van der Waals surface area contributed by atoms with E-state index < -0.39 is 0 Å². The maximum Gasteiger partial charge on any atom is 0.205 e. The Morgan fingerprint density at radius 2 is 2.12 bits per heavy atom. The highest BCUT2D eigenvalue weighted by Gasteiger charge is 2.14. The van der Waals surface area contributed by atoms with Gasteiger partial charge in [-0.25, -0.2) is 0 Å². The topological polar surface area (TPSA) is 44.3 Å². The smallest absolute Gasteiger partial charge is 0.205 e. The molecule has 1 aliphatic heterocycles. The van der Waals surface area contributed by atoms with Crippen LogP contribution in [-0.4, -0.2) is 59.8 Å². The van der Waals surface area contributed by atoms with Crippen molar-refractivity contribution in [3.8, 4) is 0 Å². The number of anilines is 1. The number of hydrogen-bond acceptors (Lipinski definition) is 6. The average molecular weight is 255 g/mol. The summed E-state index contributed by atoms with van der Waals surface area (Å²) in [5, 5.41) is 13.6. The van der Waals surface area contributed by atoms with Gasteiger partial charge in [0.2, 0.25) is 5.13 Å². The summed E-state index contributed by atoms with van der Waals surface area (Å²) >= 11 is 1.67. The van der Waals surface area contributed by atoms with Crippen molar-refractivity contribution in [3.63, 3.8) is 0 Å². The van der Waals surface area contributed by atoms with Crippen molar-refractivity contribution in [2.45, 2.75) is 19.9 Å². The van der Waals surface area contributed by atoms with Crippen LogP contribution >= 0.6 is 11.3 Å². The van der Waals surface area contributed by atoms with Crippen molar-refractivity contribution in [1.82, 2.24) is 20.0 Å². The molecule has 0 spiro atoms. The maximum absolute atomic E-state index is 4.23. The third-order valence-corrected chi connectivity index (χ3v) is 3.83. The first-order chi connectivity index (χ1) is 8.28. The van der Waals surface area contributed by atoms with E-state index in [-0.39, 0.29) is 0 Å². The molecule has 1 aliphatic rings. The molecule has 5 nitrogen and oxygen atoms in total. The molecule has 0 saturated carbocycles. The molecule has 0 radical (unpaired) electrons. The van der Waals surface area contributed by atoms with Crippen LogP contribution in [0.4, 0.5) is 5.13 Å². The first-order valence-corrected chi connectivity index (χ1v) is 7.06. The lowest BCUT2D eigenvalue weighted by Crippen LogP contribution is -2.28. The van der Waals surface area contributed by atoms with Crippen molar-refractivity contribution in [2.75, 3.05) is 45.1 Å². The minimum atomic E-state index is 0.906. The fourth-order valence-electron chi connectivity index (χ4n) is 1.99. The molecule has 1 fully saturated rings. The van der Waals surface area contributed by atoms with Gasteiger partial charge in [-0.15, -0.1) is 10.2 Å². The third-order valence-electron chi connectivity index (χ3n) is 2.97. The molecule has 1 aromatic rings. The first kappa shape index (κ1) is 12.7. The van der Waals surface area contributed by atoms with Crippen LogP contribution in [0.15, 0.2) is 0 Å². The SMILES string of the molecule is CCNc1nnc(CN2CCCN(C)CC2)s1. The summed E-state index contributed by atoms with van der Waals surface area (Å²) in [5.74, 6) is 0. The quantitative estimate of drug-likeness (QED) is 0.873. The Hall–Kier alpha value is -0.720. The number of likely N-dealkylation sites (N-methyl/N-ethyl adjacent to an activating group) is 1. The van der Waals surface area contributed by atoms with Gasteiger partial charge in [0.25, 0.3) is 0 Å². The average Bonchev–Trinajstić information content (AvgIpc) is 2.63. The van der Waals surface area contributed by atoms with E-state index in [0.717, 1.165) is 36.3 Å². The Morgan fingerprint density at radius 3 is 2.94 bits per heavy atom. The van der Waals surface area contributed by atoms with Gasteiger partial charge in [0.15, 0.2) is 0 Å². The largest absolute Gasteiger partial charge is 0.360 e. The summed E-state index contributed by atoms with van der Waals surface area (Å²) in [6.07, 6.45) is 1.25. The Bertz CT molecular complexity index is 340. The zero-order chi connectivity index (χ0) is 12.1. The van der Waals surface area contributed by atoms with E-state index in [4.69, 9.17) is 0 Å². The van der Waals surface area contributed by atoms with Crippen molar-refractivity contribution in [1.29, 1.82) is 0 Å². The molecule has 0 aromatic carbocycles. The number of nitrogens with one attached hydrogen (secondary N) is 1. The predicted octanol–water partition coefficient (Wildman–Crippen LogP) is 1.11. The van der Waals surface area contributed by atoms with Crippen LogP contribution in [0.5, 0.6) is 0 Å². The second-order valence-electron chi connectivity index (χ2n) is 4.46. The van der Waals surface area contributed by atoms with Gasteiger partial charge in [-0.3, -0.25) is 4.90 Å². The summed E-state index contributed by atoms with van der Waals surface area (Å²) < 4.78 is 0. The monoisotopic (exact) mass is 255 g/mol. The lowest BCUT2D eigenvalue weighted by atomic mass is 10.4. The summed E-state index contributed by atoms with van der Waals surface area (Å²) in [6, 6.07) is 0. The van der Waals surface area contributed by atoms with Gasteiger partial charge < -0.3 is 10.2 Å². The summed E-state index contributed by atoms with van der Waals surface area (Å²) in [6.45, 7) is 8.58. The van der Waals surface area contributed by atoms with Crippen LogP contribution < -0.4 is 5.32 Å². The maximum atomic E-state index is 4.23. The molecule has 1 saturated heterocycles. The summed E-state index contributed by atoms with van der Waals surface area (Å²) in [5.41, 5.74) is 0. The van der Waals surface area contributed by atoms with E-state index in [9.17, 15) is 0 Å². The highest BCUT2D eigenvalue weighted by molar-refractivity contribution is 7.15. The number of rotatable bonds is 4. The van der Waals surface area contributed by atoms with E-state index in [0.29, 0.717) is 0 Å². The Morgan fingerprint density at radius 1 is 1.24 bits per heavy atom. The van der Waals surface area contributed by atoms with Crippen LogP contribution in [0, 0.1) is 0 Å². The zero-order valence-corrected chi connectivity index (χ0v) is 11.5. The van der Waals surface area contributed by atoms with Gasteiger partial charge in [0.05, 0.1) is 6.54 Å². The Balaban J connectivity index is 1.86. The molecule has 6 heteroatoms. The fraction of sp³-hybridized carbons (Fsp3) is 0.818. The van der Waals surface area contributed by atoms with E-state index in [2.05, 4.69) is 39.3 Å². The molecule has 0 aliphatic carbocycles. The second kappa shape index (κ2) is 6.28. The molecule has 1 aromatic heterocycles. The van der Waals surface area contributed by atoms with Crippen LogP contribution in [0.1, 0.15) is 18.4 Å². The standard InChI is InChI=1S/C11H21N5S/c1-3-12-11-14-13-10(17-11)9-16-6-4-5-15(2)7-8-16/h3-9H2,1-2H3,(H,12,14). The van der Waals surface area contributed by atoms with Crippen LogP contribution in [0.3, 0.4) is 0 Å². The van der Waals surface area contributed by atoms with Gasteiger partial charge in [-0.1, -0.05) is 11.3 Å². The van der Waals surface area contributed by atoms with Gasteiger partial charge in [0.1, 0.15) is 5.01 Å². The summed E-state index contributed by atoms with van der Waals surface area (Å²) in [4.78, 5) is 4.86. The van der Waals surface area contributed by atoms with Crippen molar-refractivity contribution in [3.05, 3.63) is 5.01 Å². The van der Waals surface area contributed by atoms with Crippen LogP contribution in [0.2, 0.25) is 0 Å². The molecule has 0 bridgehead atoms. The van der Waals surface area contributed by atoms with Crippen molar-refractivity contribution in [2.24, 2.45) is 0 Å². The molecular weight excluding hydrogens is 234 g/mol. The highest BCUT2D eigenvalue weighted by Crippen LogP contribution is 2.17. The van der Waals surface area contributed by atoms with Crippen molar-refractivity contribution < 1.29 is 0 Å². The van der Waals surface area contributed by atoms with E-state index in [1.807, 2.05) is 0 Å². The predicted molar refractivity (Wildman–Crippen MR) is 71.5 cm³/mol. The molecular formula is C11H21N5S. The third kappa shape index (κ3) is 3.90. The molecule has 1 N–H and O–H groups in total. The lowest BCUT2D eigenvalue weighted by Gasteiger charge is -2.17. The number of hydrogen-bond donors (Lipinski definition) is 1. The molecule has 0 unspecified atom stereocenters. The minimum absolute atomic E-state index is 0.906. The lowest BCUT2D eigenvalue weighted by molar-refractivity contribution is 0.268. The molecule has 96 valence electrons. The van der Waals surface area contributed by atoms with Gasteiger partial charge >= 0.3 is 0 Å². The van der Waals surface area contributed by atoms with Gasteiger partial charge in [-0.05, 0) is 33.5 Å². The Kier molecular flexibility index (Phi) is 4.70. The van der Waals surface area contributed by atoms with E-state index in [1.54, 1.807) is 11.3 Å². The first-order valence-electron chi connectivity index (χ1n) is 6.25. The van der Waals surface area contributed by atoms with E-state index >= 15 is 0 Å². The van der Waals surface area contributed by atoms with Crippen molar-refractivity contribution >= 4 is 16.5 Å². The zero-order valence-electron chi connectivity index (χ0n) is 10.6. The van der Waals surface area contributed by atoms with E-state index in [1.165, 1.54) is 19.5 Å². The van der Waals surface area contributed by atoms with Crippen LogP contribution in [0.25, 0.3) is 0 Å². The fourth-order valence-corrected chi connectivity index (χ4v) is 2.84. The van der Waals surface area contributed by atoms with Crippen LogP contribution in [-0.2, 0) is 6.54 Å². The second-order valence-corrected chi connectivity index (χ2v) is 5.53. The normalized spacial score (nSPS) is 19.2. The number of aromatic nitrogens is 2. The Labute approximate surface area is 107 Å². The summed E-state index contributed by atoms with van der Waals surface area (Å²) in [7, 11) is 2.19. The highest BCUT2D eigenvalue weighted by atomic mass is 32.1. The minimum Gasteiger partial charge on any atom is -0.360 e.